The van der Waals surface area contributed by atoms with Gasteiger partial charge in [-0.1, -0.05) is 71.8 Å². The predicted octanol–water partition coefficient (Wildman–Crippen LogP) is 7.51. The molecular formula is C29H23N3. The highest BCUT2D eigenvalue weighted by Gasteiger charge is 2.03. The molecule has 0 fully saturated rings. The third-order valence-corrected chi connectivity index (χ3v) is 5.46. The number of hydrogen-bond acceptors (Lipinski definition) is 3. The molecule has 0 saturated carbocycles. The number of hydrogen-bond donors (Lipinski definition) is 0. The van der Waals surface area contributed by atoms with Crippen LogP contribution < -0.4 is 0 Å². The van der Waals surface area contributed by atoms with Crippen molar-refractivity contribution in [1.82, 2.24) is 4.98 Å². The van der Waals surface area contributed by atoms with Gasteiger partial charge in [0.25, 0.3) is 0 Å². The van der Waals surface area contributed by atoms with Crippen LogP contribution in [0.2, 0.25) is 0 Å². The van der Waals surface area contributed by atoms with Crippen LogP contribution in [0.15, 0.2) is 101 Å². The van der Waals surface area contributed by atoms with Crippen LogP contribution in [0, 0.1) is 13.8 Å². The number of aryl methyl sites for hydroxylation is 2. The Kier molecular flexibility index (Phi) is 5.30. The second-order valence-electron chi connectivity index (χ2n) is 8.08. The molecule has 0 aliphatic rings. The number of aliphatic imine (C=N–C) groups is 2. The van der Waals surface area contributed by atoms with Crippen LogP contribution in [0.4, 0.5) is 11.4 Å². The largest absolute Gasteiger partial charge is 0.256 e. The molecule has 32 heavy (non-hydrogen) atoms. The van der Waals surface area contributed by atoms with E-state index >= 15 is 0 Å². The van der Waals surface area contributed by atoms with Crippen molar-refractivity contribution in [2.45, 2.75) is 13.8 Å². The van der Waals surface area contributed by atoms with E-state index in [2.05, 4.69) is 90.6 Å². The van der Waals surface area contributed by atoms with Crippen LogP contribution in [0.25, 0.3) is 21.8 Å². The molecule has 0 atom stereocenters. The molecule has 5 aromatic rings. The van der Waals surface area contributed by atoms with Gasteiger partial charge in [-0.05, 0) is 55.3 Å². The number of rotatable bonds is 4. The van der Waals surface area contributed by atoms with Gasteiger partial charge in [-0.25, -0.2) is 4.98 Å². The summed E-state index contributed by atoms with van der Waals surface area (Å²) >= 11 is 0. The summed E-state index contributed by atoms with van der Waals surface area (Å²) in [5, 5.41) is 2.20. The van der Waals surface area contributed by atoms with Gasteiger partial charge >= 0.3 is 0 Å². The number of benzene rings is 4. The molecule has 0 unspecified atom stereocenters. The Balaban J connectivity index is 1.45. The molecule has 1 heterocycles. The smallest absolute Gasteiger partial charge is 0.0731 e. The predicted molar refractivity (Wildman–Crippen MR) is 136 cm³/mol. The number of fused-ring (bicyclic) bond motifs is 2. The fourth-order valence-electron chi connectivity index (χ4n) is 3.56. The van der Waals surface area contributed by atoms with E-state index in [1.165, 1.54) is 11.1 Å². The molecule has 0 spiro atoms. The minimum Gasteiger partial charge on any atom is -0.256 e. The van der Waals surface area contributed by atoms with Crippen molar-refractivity contribution in [2.75, 3.05) is 0 Å². The van der Waals surface area contributed by atoms with Crippen molar-refractivity contribution in [2.24, 2.45) is 9.98 Å². The van der Waals surface area contributed by atoms with Crippen molar-refractivity contribution in [3.63, 3.8) is 0 Å². The first kappa shape index (κ1) is 19.8. The molecule has 1 aromatic heterocycles. The second kappa shape index (κ2) is 8.56. The lowest BCUT2D eigenvalue weighted by atomic mass is 10.1. The molecule has 3 nitrogen and oxygen atoms in total. The summed E-state index contributed by atoms with van der Waals surface area (Å²) < 4.78 is 0. The Labute approximate surface area is 187 Å². The van der Waals surface area contributed by atoms with E-state index < -0.39 is 0 Å². The fraction of sp³-hybridized carbons (Fsp3) is 0.0690. The standard InChI is InChI=1S/C29H23N3/c1-20-3-7-22(8-4-20)18-30-26-13-11-24-15-25-12-14-27(17-29(25)32-28(24)16-26)31-19-23-9-5-21(2)6-10-23/h3-19H,1-2H3. The average Bonchev–Trinajstić information content (AvgIpc) is 2.82. The molecule has 0 bridgehead atoms. The summed E-state index contributed by atoms with van der Waals surface area (Å²) in [6.07, 6.45) is 3.78. The second-order valence-corrected chi connectivity index (χ2v) is 8.08. The summed E-state index contributed by atoms with van der Waals surface area (Å²) in [5.41, 5.74) is 8.28. The van der Waals surface area contributed by atoms with Crippen LogP contribution >= 0.6 is 0 Å². The molecule has 3 heteroatoms. The Bertz CT molecular complexity index is 1350. The van der Waals surface area contributed by atoms with Gasteiger partial charge in [-0.15, -0.1) is 0 Å². The minimum atomic E-state index is 0.887. The minimum absolute atomic E-state index is 0.887. The maximum Gasteiger partial charge on any atom is 0.0731 e. The average molecular weight is 414 g/mol. The summed E-state index contributed by atoms with van der Waals surface area (Å²) in [6.45, 7) is 4.17. The van der Waals surface area contributed by atoms with E-state index in [-0.39, 0.29) is 0 Å². The SMILES string of the molecule is Cc1ccc(C=Nc2ccc3cc4ccc(N=Cc5ccc(C)cc5)cc4nc3c2)cc1. The van der Waals surface area contributed by atoms with Crippen LogP contribution in [0.3, 0.4) is 0 Å². The lowest BCUT2D eigenvalue weighted by Crippen LogP contribution is -1.84. The first-order valence-electron chi connectivity index (χ1n) is 10.7. The highest BCUT2D eigenvalue weighted by atomic mass is 14.7. The van der Waals surface area contributed by atoms with Gasteiger partial charge in [0.05, 0.1) is 22.4 Å². The topological polar surface area (TPSA) is 37.6 Å². The molecule has 0 amide bonds. The maximum absolute atomic E-state index is 4.88. The van der Waals surface area contributed by atoms with Gasteiger partial charge in [0, 0.05) is 23.2 Å². The third kappa shape index (κ3) is 4.47. The van der Waals surface area contributed by atoms with Crippen LogP contribution in [0.1, 0.15) is 22.3 Å². The highest BCUT2D eigenvalue weighted by molar-refractivity contribution is 5.95. The Morgan fingerprint density at radius 2 is 0.969 bits per heavy atom. The Morgan fingerprint density at radius 1 is 0.531 bits per heavy atom. The fourth-order valence-corrected chi connectivity index (χ4v) is 3.56. The van der Waals surface area contributed by atoms with Gasteiger partial charge in [0.2, 0.25) is 0 Å². The molecule has 0 radical (unpaired) electrons. The normalized spacial score (nSPS) is 11.8. The maximum atomic E-state index is 4.88. The van der Waals surface area contributed by atoms with Crippen LogP contribution in [-0.4, -0.2) is 17.4 Å². The van der Waals surface area contributed by atoms with Gasteiger partial charge in [0.1, 0.15) is 0 Å². The van der Waals surface area contributed by atoms with E-state index in [9.17, 15) is 0 Å². The lowest BCUT2D eigenvalue weighted by Gasteiger charge is -2.04. The van der Waals surface area contributed by atoms with Crippen molar-refractivity contribution < 1.29 is 0 Å². The van der Waals surface area contributed by atoms with E-state index in [0.717, 1.165) is 44.3 Å². The summed E-state index contributed by atoms with van der Waals surface area (Å²) in [6, 6.07) is 31.1. The summed E-state index contributed by atoms with van der Waals surface area (Å²) in [4.78, 5) is 14.2. The molecular weight excluding hydrogens is 390 g/mol. The van der Waals surface area contributed by atoms with Gasteiger partial charge in [-0.2, -0.15) is 0 Å². The molecule has 0 N–H and O–H groups in total. The Hall–Kier alpha value is -4.11. The van der Waals surface area contributed by atoms with Crippen molar-refractivity contribution in [3.8, 4) is 0 Å². The Morgan fingerprint density at radius 3 is 1.41 bits per heavy atom. The zero-order valence-corrected chi connectivity index (χ0v) is 18.2. The zero-order valence-electron chi connectivity index (χ0n) is 18.2. The first-order chi connectivity index (χ1) is 15.6. The van der Waals surface area contributed by atoms with Gasteiger partial charge in [-0.3, -0.25) is 9.98 Å². The summed E-state index contributed by atoms with van der Waals surface area (Å²) in [7, 11) is 0. The molecule has 0 aliphatic carbocycles. The lowest BCUT2D eigenvalue weighted by molar-refractivity contribution is 1.45. The summed E-state index contributed by atoms with van der Waals surface area (Å²) in [5.74, 6) is 0. The van der Waals surface area contributed by atoms with E-state index in [4.69, 9.17) is 4.98 Å². The van der Waals surface area contributed by atoms with Crippen LogP contribution in [0.5, 0.6) is 0 Å². The number of aromatic nitrogens is 1. The van der Waals surface area contributed by atoms with Crippen molar-refractivity contribution in [3.05, 3.63) is 113 Å². The number of pyridine rings is 1. The molecule has 5 rings (SSSR count). The van der Waals surface area contributed by atoms with Crippen molar-refractivity contribution in [1.29, 1.82) is 0 Å². The van der Waals surface area contributed by atoms with Gasteiger partial charge in [0.15, 0.2) is 0 Å². The first-order valence-corrected chi connectivity index (χ1v) is 10.7. The third-order valence-electron chi connectivity index (χ3n) is 5.46. The molecule has 0 saturated heterocycles. The number of nitrogens with zero attached hydrogens (tertiary/aromatic N) is 3. The molecule has 0 aliphatic heterocycles. The van der Waals surface area contributed by atoms with Crippen molar-refractivity contribution >= 4 is 45.6 Å². The monoisotopic (exact) mass is 413 g/mol. The van der Waals surface area contributed by atoms with E-state index in [1.807, 2.05) is 36.7 Å². The van der Waals surface area contributed by atoms with Crippen LogP contribution in [-0.2, 0) is 0 Å². The molecule has 4 aromatic carbocycles. The van der Waals surface area contributed by atoms with E-state index in [1.54, 1.807) is 0 Å². The highest BCUT2D eigenvalue weighted by Crippen LogP contribution is 2.26. The van der Waals surface area contributed by atoms with E-state index in [0.29, 0.717) is 0 Å². The quantitative estimate of drug-likeness (QED) is 0.222. The molecule has 154 valence electrons. The zero-order chi connectivity index (χ0) is 21.9. The van der Waals surface area contributed by atoms with Gasteiger partial charge < -0.3 is 0 Å².